The molecular formula is C42H50BrFN4O4Si. The van der Waals surface area contributed by atoms with Gasteiger partial charge >= 0.3 is 6.09 Å². The minimum atomic E-state index is -2.81. The molecule has 2 aromatic heterocycles. The first kappa shape index (κ1) is 38.7. The predicted octanol–water partition coefficient (Wildman–Crippen LogP) is 8.78. The van der Waals surface area contributed by atoms with Crippen molar-refractivity contribution >= 4 is 57.3 Å². The van der Waals surface area contributed by atoms with Crippen LogP contribution in [0.1, 0.15) is 58.9 Å². The molecule has 6 rings (SSSR count). The van der Waals surface area contributed by atoms with E-state index in [1.165, 1.54) is 15.3 Å². The van der Waals surface area contributed by atoms with Gasteiger partial charge in [0.2, 0.25) is 0 Å². The van der Waals surface area contributed by atoms with Gasteiger partial charge in [-0.2, -0.15) is 0 Å². The van der Waals surface area contributed by atoms with Gasteiger partial charge in [-0.1, -0.05) is 95.3 Å². The molecule has 1 saturated heterocycles. The zero-order chi connectivity index (χ0) is 38.1. The molecule has 1 amide bonds. The van der Waals surface area contributed by atoms with Gasteiger partial charge in [0.1, 0.15) is 5.82 Å². The molecule has 5 aromatic rings. The number of fused-ring (bicyclic) bond motifs is 1. The summed E-state index contributed by atoms with van der Waals surface area (Å²) >= 11 is 3.46. The second-order valence-corrected chi connectivity index (χ2v) is 21.0. The molecule has 11 heteroatoms. The summed E-state index contributed by atoms with van der Waals surface area (Å²) in [5.41, 5.74) is 4.74. The third kappa shape index (κ3) is 7.80. The fraction of sp³-hybridized carbons (Fsp3) is 0.381. The van der Waals surface area contributed by atoms with Crippen LogP contribution in [0.3, 0.4) is 0 Å². The maximum atomic E-state index is 15.1. The Hall–Kier alpha value is -4.03. The monoisotopic (exact) mass is 800 g/mol. The molecular weight excluding hydrogens is 751 g/mol. The normalized spacial score (nSPS) is 14.9. The van der Waals surface area contributed by atoms with Crippen molar-refractivity contribution in [3.63, 3.8) is 0 Å². The van der Waals surface area contributed by atoms with Crippen molar-refractivity contribution in [1.82, 2.24) is 14.9 Å². The molecule has 53 heavy (non-hydrogen) atoms. The lowest BCUT2D eigenvalue weighted by Gasteiger charge is -2.44. The van der Waals surface area contributed by atoms with Gasteiger partial charge in [0.25, 0.3) is 8.32 Å². The first-order valence-corrected chi connectivity index (χ1v) is 20.9. The van der Waals surface area contributed by atoms with Gasteiger partial charge in [-0.3, -0.25) is 4.98 Å². The lowest BCUT2D eigenvalue weighted by atomic mass is 9.84. The molecule has 0 aliphatic carbocycles. The number of aromatic amines is 1. The highest BCUT2D eigenvalue weighted by Crippen LogP contribution is 2.42. The average Bonchev–Trinajstić information content (AvgIpc) is 3.47. The van der Waals surface area contributed by atoms with Crippen molar-refractivity contribution in [2.75, 3.05) is 44.8 Å². The van der Waals surface area contributed by atoms with Crippen molar-refractivity contribution in [2.45, 2.75) is 59.1 Å². The number of ether oxygens (including phenoxy) is 1. The van der Waals surface area contributed by atoms with E-state index in [0.717, 1.165) is 33.6 Å². The van der Waals surface area contributed by atoms with Gasteiger partial charge in [0, 0.05) is 56.4 Å². The van der Waals surface area contributed by atoms with Crippen LogP contribution in [-0.2, 0) is 15.6 Å². The third-order valence-electron chi connectivity index (χ3n) is 10.5. The van der Waals surface area contributed by atoms with E-state index in [1.807, 2.05) is 19.2 Å². The van der Waals surface area contributed by atoms with Crippen molar-refractivity contribution < 1.29 is 23.5 Å². The van der Waals surface area contributed by atoms with E-state index in [4.69, 9.17) is 14.1 Å². The van der Waals surface area contributed by atoms with Crippen molar-refractivity contribution in [3.05, 3.63) is 107 Å². The Kier molecular flexibility index (Phi) is 11.2. The zero-order valence-corrected chi connectivity index (χ0v) is 34.3. The highest BCUT2D eigenvalue weighted by molar-refractivity contribution is 9.10. The fourth-order valence-corrected chi connectivity index (χ4v) is 12.8. The van der Waals surface area contributed by atoms with E-state index in [0.29, 0.717) is 49.2 Å². The second kappa shape index (κ2) is 15.4. The summed E-state index contributed by atoms with van der Waals surface area (Å²) in [5.74, 6) is -0.347. The number of amides is 1. The van der Waals surface area contributed by atoms with Gasteiger partial charge in [0.15, 0.2) is 0 Å². The largest absolute Gasteiger partial charge is 0.465 e. The zero-order valence-electron chi connectivity index (χ0n) is 31.7. The molecule has 0 spiro atoms. The quantitative estimate of drug-likeness (QED) is 0.130. The van der Waals surface area contributed by atoms with E-state index < -0.39 is 14.4 Å². The summed E-state index contributed by atoms with van der Waals surface area (Å²) in [6.07, 6.45) is 1.24. The van der Waals surface area contributed by atoms with Crippen LogP contribution in [0.2, 0.25) is 5.04 Å². The first-order chi connectivity index (χ1) is 25.1. The van der Waals surface area contributed by atoms with Gasteiger partial charge in [-0.25, -0.2) is 9.18 Å². The molecule has 1 aliphatic rings. The molecule has 2 N–H and O–H groups in total. The van der Waals surface area contributed by atoms with Crippen molar-refractivity contribution in [3.8, 4) is 11.3 Å². The summed E-state index contributed by atoms with van der Waals surface area (Å²) in [5, 5.41) is 12.7. The number of rotatable bonds is 11. The van der Waals surface area contributed by atoms with Crippen molar-refractivity contribution in [2.24, 2.45) is 5.41 Å². The Morgan fingerprint density at radius 2 is 1.58 bits per heavy atom. The number of piperazine rings is 1. The number of halogens is 2. The minimum absolute atomic E-state index is 0.173. The van der Waals surface area contributed by atoms with Crippen LogP contribution in [0.15, 0.2) is 89.5 Å². The lowest BCUT2D eigenvalue weighted by Crippen LogP contribution is -2.67. The molecule has 0 saturated carbocycles. The second-order valence-electron chi connectivity index (χ2n) is 15.8. The van der Waals surface area contributed by atoms with Gasteiger partial charge in [0.05, 0.1) is 33.8 Å². The Morgan fingerprint density at radius 1 is 0.981 bits per heavy atom. The minimum Gasteiger partial charge on any atom is -0.465 e. The van der Waals surface area contributed by atoms with Crippen LogP contribution in [0.25, 0.3) is 22.2 Å². The van der Waals surface area contributed by atoms with Crippen LogP contribution >= 0.6 is 15.9 Å². The topological polar surface area (TPSA) is 90.9 Å². The summed E-state index contributed by atoms with van der Waals surface area (Å²) < 4.78 is 28.8. The number of anilines is 1. The van der Waals surface area contributed by atoms with Crippen LogP contribution in [0.4, 0.5) is 14.9 Å². The fourth-order valence-electron chi connectivity index (χ4n) is 7.68. The average molecular weight is 802 g/mol. The van der Waals surface area contributed by atoms with Crippen LogP contribution in [0, 0.1) is 11.2 Å². The Labute approximate surface area is 321 Å². The SMILES string of the molecule is COC(C)c1ncc(N2CCN(C(=O)O)CC2)cc1-c1[nH]c2cc(F)c(Br)cc2c1CC(C)(C)CO[Si](c1ccccc1)(c1ccccc1)C(C)(C)C. The van der Waals surface area contributed by atoms with Gasteiger partial charge < -0.3 is 29.1 Å². The van der Waals surface area contributed by atoms with E-state index in [2.05, 4.69) is 127 Å². The number of methoxy groups -OCH3 is 1. The Balaban J connectivity index is 1.44. The van der Waals surface area contributed by atoms with E-state index >= 15 is 4.39 Å². The number of carbonyl (C=O) groups is 1. The molecule has 0 radical (unpaired) electrons. The summed E-state index contributed by atoms with van der Waals surface area (Å²) in [4.78, 5) is 23.7. The molecule has 3 heterocycles. The van der Waals surface area contributed by atoms with E-state index in [1.54, 1.807) is 13.2 Å². The number of aromatic nitrogens is 2. The van der Waals surface area contributed by atoms with Crippen LogP contribution < -0.4 is 15.3 Å². The number of benzene rings is 3. The highest BCUT2D eigenvalue weighted by atomic mass is 79.9. The van der Waals surface area contributed by atoms with Gasteiger partial charge in [-0.05, 0) is 73.9 Å². The number of nitrogens with zero attached hydrogens (tertiary/aromatic N) is 3. The molecule has 3 aromatic carbocycles. The van der Waals surface area contributed by atoms with Crippen LogP contribution in [0.5, 0.6) is 0 Å². The van der Waals surface area contributed by atoms with Gasteiger partial charge in [-0.15, -0.1) is 0 Å². The Bertz CT molecular complexity index is 2020. The van der Waals surface area contributed by atoms with Crippen LogP contribution in [-0.4, -0.2) is 74.3 Å². The summed E-state index contributed by atoms with van der Waals surface area (Å²) in [6.45, 7) is 15.7. The van der Waals surface area contributed by atoms with Crippen molar-refractivity contribution in [1.29, 1.82) is 0 Å². The number of nitrogens with one attached hydrogen (secondary N) is 1. The molecule has 1 unspecified atom stereocenters. The number of pyridine rings is 1. The maximum Gasteiger partial charge on any atom is 0.407 e. The Morgan fingerprint density at radius 3 is 2.13 bits per heavy atom. The third-order valence-corrected chi connectivity index (χ3v) is 16.1. The lowest BCUT2D eigenvalue weighted by molar-refractivity contribution is 0.116. The first-order valence-electron chi connectivity index (χ1n) is 18.2. The van der Waals surface area contributed by atoms with E-state index in [-0.39, 0.29) is 22.4 Å². The number of hydrogen-bond acceptors (Lipinski definition) is 5. The standard InChI is InChI=1S/C42H50BrFN4O4Si/c1-28(51-7)38-33(22-29(26-45-38)47-18-20-48(21-19-47)40(49)50)39-34(32-23-35(43)36(44)24-37(32)46-39)25-42(5,6)27-52-53(41(2,3)4,30-14-10-8-11-15-30)31-16-12-9-13-17-31/h8-17,22-24,26,28,46H,18-21,25,27H2,1-7H3,(H,49,50). The molecule has 1 aliphatic heterocycles. The number of carboxylic acid groups (broad SMARTS) is 1. The highest BCUT2D eigenvalue weighted by Gasteiger charge is 2.50. The number of H-pyrrole nitrogens is 1. The number of hydrogen-bond donors (Lipinski definition) is 2. The van der Waals surface area contributed by atoms with E-state index in [9.17, 15) is 9.90 Å². The maximum absolute atomic E-state index is 15.1. The predicted molar refractivity (Wildman–Crippen MR) is 217 cm³/mol. The molecule has 1 fully saturated rings. The molecule has 8 nitrogen and oxygen atoms in total. The molecule has 280 valence electrons. The summed E-state index contributed by atoms with van der Waals surface area (Å²) in [6, 6.07) is 26.9. The smallest absolute Gasteiger partial charge is 0.407 e. The molecule has 1 atom stereocenters. The summed E-state index contributed by atoms with van der Waals surface area (Å²) in [7, 11) is -1.15. The molecule has 0 bridgehead atoms.